The molecule has 0 spiro atoms. The van der Waals surface area contributed by atoms with E-state index in [1.54, 1.807) is 0 Å². The Hall–Kier alpha value is -1.12. The van der Waals surface area contributed by atoms with Gasteiger partial charge in [-0.25, -0.2) is 5.43 Å². The zero-order valence-corrected chi connectivity index (χ0v) is 11.3. The average molecular weight is 248 g/mol. The van der Waals surface area contributed by atoms with Crippen LogP contribution in [-0.4, -0.2) is 12.1 Å². The van der Waals surface area contributed by atoms with Gasteiger partial charge >= 0.3 is 0 Å². The maximum absolute atomic E-state index is 11.5. The van der Waals surface area contributed by atoms with Gasteiger partial charge in [0.25, 0.3) is 0 Å². The smallest absolute Gasteiger partial charge is 0.240 e. The molecule has 2 aliphatic carbocycles. The van der Waals surface area contributed by atoms with Crippen LogP contribution in [0.4, 0.5) is 0 Å². The Morgan fingerprint density at radius 3 is 2.89 bits per heavy atom. The summed E-state index contributed by atoms with van der Waals surface area (Å²) in [6.45, 7) is 2.17. The van der Waals surface area contributed by atoms with Crippen molar-refractivity contribution in [3.63, 3.8) is 0 Å². The van der Waals surface area contributed by atoms with Crippen LogP contribution in [0, 0.1) is 17.8 Å². The number of rotatable bonds is 7. The minimum Gasteiger partial charge on any atom is -0.273 e. The first-order valence-electron chi connectivity index (χ1n) is 7.30. The lowest BCUT2D eigenvalue weighted by atomic mass is 9.95. The van der Waals surface area contributed by atoms with Gasteiger partial charge in [-0.3, -0.25) is 4.79 Å². The van der Waals surface area contributed by atoms with Gasteiger partial charge in [0.15, 0.2) is 0 Å². The number of carbonyl (C=O) groups excluding carboxylic acids is 1. The predicted molar refractivity (Wildman–Crippen MR) is 74.2 cm³/mol. The van der Waals surface area contributed by atoms with E-state index in [4.69, 9.17) is 0 Å². The van der Waals surface area contributed by atoms with E-state index in [0.717, 1.165) is 18.8 Å². The number of unbranched alkanes of at least 4 members (excludes halogenated alkanes) is 3. The zero-order chi connectivity index (χ0) is 12.8. The van der Waals surface area contributed by atoms with Crippen LogP contribution in [0.15, 0.2) is 17.3 Å². The second-order valence-corrected chi connectivity index (χ2v) is 5.57. The topological polar surface area (TPSA) is 41.5 Å². The second-order valence-electron chi connectivity index (χ2n) is 5.57. The molecule has 0 radical (unpaired) electrons. The largest absolute Gasteiger partial charge is 0.273 e. The molecule has 2 bridgehead atoms. The minimum absolute atomic E-state index is 0.0565. The molecule has 2 rings (SSSR count). The van der Waals surface area contributed by atoms with E-state index < -0.39 is 0 Å². The first-order valence-corrected chi connectivity index (χ1v) is 7.30. The van der Waals surface area contributed by atoms with Crippen molar-refractivity contribution in [2.45, 2.75) is 51.9 Å². The second kappa shape index (κ2) is 6.72. The van der Waals surface area contributed by atoms with Gasteiger partial charge in [-0.2, -0.15) is 5.10 Å². The number of hydrogen-bond donors (Lipinski definition) is 1. The van der Waals surface area contributed by atoms with Crippen LogP contribution in [0.2, 0.25) is 0 Å². The van der Waals surface area contributed by atoms with Crippen molar-refractivity contribution in [2.24, 2.45) is 22.9 Å². The van der Waals surface area contributed by atoms with E-state index in [0.29, 0.717) is 18.3 Å². The van der Waals surface area contributed by atoms with Crippen molar-refractivity contribution in [1.29, 1.82) is 0 Å². The molecule has 100 valence electrons. The number of carbonyl (C=O) groups is 1. The van der Waals surface area contributed by atoms with E-state index in [1.165, 1.54) is 25.7 Å². The Morgan fingerprint density at radius 1 is 1.33 bits per heavy atom. The van der Waals surface area contributed by atoms with Crippen LogP contribution in [0.3, 0.4) is 0 Å². The summed E-state index contributed by atoms with van der Waals surface area (Å²) in [5.74, 6) is 2.03. The van der Waals surface area contributed by atoms with Crippen LogP contribution in [-0.2, 0) is 4.79 Å². The van der Waals surface area contributed by atoms with E-state index in [1.807, 2.05) is 6.21 Å². The van der Waals surface area contributed by atoms with Crippen molar-refractivity contribution in [1.82, 2.24) is 5.43 Å². The Morgan fingerprint density at radius 2 is 2.22 bits per heavy atom. The molecule has 0 saturated heterocycles. The lowest BCUT2D eigenvalue weighted by Gasteiger charge is -2.11. The summed E-state index contributed by atoms with van der Waals surface area (Å²) in [6.07, 6.45) is 14.2. The van der Waals surface area contributed by atoms with Crippen LogP contribution in [0.1, 0.15) is 51.9 Å². The van der Waals surface area contributed by atoms with Gasteiger partial charge in [-0.05, 0) is 31.1 Å². The molecule has 1 amide bonds. The maximum atomic E-state index is 11.5. The van der Waals surface area contributed by atoms with Gasteiger partial charge in [-0.15, -0.1) is 0 Å². The summed E-state index contributed by atoms with van der Waals surface area (Å²) in [5.41, 5.74) is 2.65. The van der Waals surface area contributed by atoms with E-state index in [-0.39, 0.29) is 5.91 Å². The van der Waals surface area contributed by atoms with Crippen molar-refractivity contribution in [3.05, 3.63) is 12.2 Å². The highest BCUT2D eigenvalue weighted by Gasteiger charge is 2.34. The average Bonchev–Trinajstić information content (AvgIpc) is 2.97. The SMILES string of the molecule is CCCCCCC(=O)N/N=C/C1CC2C=CC1C2. The number of nitrogens with zero attached hydrogens (tertiary/aromatic N) is 1. The molecule has 1 fully saturated rings. The molecular weight excluding hydrogens is 224 g/mol. The zero-order valence-electron chi connectivity index (χ0n) is 11.3. The molecule has 3 heteroatoms. The van der Waals surface area contributed by atoms with Crippen LogP contribution >= 0.6 is 0 Å². The Bertz CT molecular complexity index is 335. The molecule has 0 aromatic carbocycles. The third-order valence-electron chi connectivity index (χ3n) is 4.04. The van der Waals surface area contributed by atoms with Gasteiger partial charge in [0.05, 0.1) is 0 Å². The monoisotopic (exact) mass is 248 g/mol. The fourth-order valence-electron chi connectivity index (χ4n) is 2.97. The summed E-state index contributed by atoms with van der Waals surface area (Å²) in [5, 5.41) is 4.11. The summed E-state index contributed by atoms with van der Waals surface area (Å²) >= 11 is 0. The summed E-state index contributed by atoms with van der Waals surface area (Å²) in [4.78, 5) is 11.5. The van der Waals surface area contributed by atoms with Gasteiger partial charge in [0, 0.05) is 18.6 Å². The number of allylic oxidation sites excluding steroid dienone is 2. The number of nitrogens with one attached hydrogen (secondary N) is 1. The molecule has 0 aliphatic heterocycles. The van der Waals surface area contributed by atoms with Crippen molar-refractivity contribution < 1.29 is 4.79 Å². The third kappa shape index (κ3) is 3.69. The summed E-state index contributed by atoms with van der Waals surface area (Å²) in [7, 11) is 0. The van der Waals surface area contributed by atoms with E-state index >= 15 is 0 Å². The van der Waals surface area contributed by atoms with Gasteiger partial charge in [0.1, 0.15) is 0 Å². The van der Waals surface area contributed by atoms with Crippen molar-refractivity contribution in [3.8, 4) is 0 Å². The normalized spacial score (nSPS) is 29.3. The highest BCUT2D eigenvalue weighted by Crippen LogP contribution is 2.42. The van der Waals surface area contributed by atoms with E-state index in [2.05, 4.69) is 29.6 Å². The Balaban J connectivity index is 1.59. The van der Waals surface area contributed by atoms with E-state index in [9.17, 15) is 4.79 Å². The van der Waals surface area contributed by atoms with Crippen LogP contribution < -0.4 is 5.43 Å². The highest BCUT2D eigenvalue weighted by molar-refractivity contribution is 5.77. The predicted octanol–water partition coefficient (Wildman–Crippen LogP) is 3.27. The molecule has 2 aliphatic rings. The molecule has 0 aromatic rings. The number of hydrogen-bond acceptors (Lipinski definition) is 2. The molecule has 0 heterocycles. The van der Waals surface area contributed by atoms with Crippen LogP contribution in [0.25, 0.3) is 0 Å². The fraction of sp³-hybridized carbons (Fsp3) is 0.733. The Labute approximate surface area is 110 Å². The fourth-order valence-corrected chi connectivity index (χ4v) is 2.97. The molecule has 1 saturated carbocycles. The first kappa shape index (κ1) is 13.3. The lowest BCUT2D eigenvalue weighted by molar-refractivity contribution is -0.121. The highest BCUT2D eigenvalue weighted by atomic mass is 16.2. The van der Waals surface area contributed by atoms with Gasteiger partial charge in [-0.1, -0.05) is 38.3 Å². The van der Waals surface area contributed by atoms with Crippen LogP contribution in [0.5, 0.6) is 0 Å². The third-order valence-corrected chi connectivity index (χ3v) is 4.04. The summed E-state index contributed by atoms with van der Waals surface area (Å²) in [6, 6.07) is 0. The first-order chi connectivity index (χ1) is 8.79. The molecule has 0 aromatic heterocycles. The molecular formula is C15H24N2O. The van der Waals surface area contributed by atoms with Crippen molar-refractivity contribution in [2.75, 3.05) is 0 Å². The number of fused-ring (bicyclic) bond motifs is 2. The standard InChI is InChI=1S/C15H24N2O/c1-2-3-4-5-6-15(18)17-16-11-14-10-12-7-8-13(14)9-12/h7-8,11-14H,2-6,9-10H2,1H3,(H,17,18)/b16-11+. The molecule has 18 heavy (non-hydrogen) atoms. The quantitative estimate of drug-likeness (QED) is 0.319. The maximum Gasteiger partial charge on any atom is 0.240 e. The van der Waals surface area contributed by atoms with Gasteiger partial charge in [0.2, 0.25) is 5.91 Å². The summed E-state index contributed by atoms with van der Waals surface area (Å²) < 4.78 is 0. The molecule has 3 nitrogen and oxygen atoms in total. The molecule has 1 N–H and O–H groups in total. The minimum atomic E-state index is 0.0565. The van der Waals surface area contributed by atoms with Crippen molar-refractivity contribution >= 4 is 12.1 Å². The number of hydrazone groups is 1. The lowest BCUT2D eigenvalue weighted by Crippen LogP contribution is -2.19. The number of amides is 1. The van der Waals surface area contributed by atoms with Gasteiger partial charge < -0.3 is 0 Å². The Kier molecular flexibility index (Phi) is 4.97. The molecule has 3 atom stereocenters. The molecule has 3 unspecified atom stereocenters.